The largest absolute Gasteiger partial charge is 0.405 e. The Balaban J connectivity index is 0.00000115. The minimum atomic E-state index is -0.520. The molecule has 1 saturated carbocycles. The molecule has 0 heterocycles. The van der Waals surface area contributed by atoms with Crippen molar-refractivity contribution in [1.82, 2.24) is 10.6 Å². The van der Waals surface area contributed by atoms with Gasteiger partial charge in [0, 0.05) is 28.3 Å². The molecule has 0 aromatic heterocycles. The lowest BCUT2D eigenvalue weighted by atomic mass is 9.96. The lowest BCUT2D eigenvalue weighted by Crippen LogP contribution is -2.35. The van der Waals surface area contributed by atoms with Crippen LogP contribution in [0.25, 0.3) is 11.1 Å². The average molecular weight is 502 g/mol. The summed E-state index contributed by atoms with van der Waals surface area (Å²) in [5.74, 6) is 2.04. The highest BCUT2D eigenvalue weighted by Crippen LogP contribution is 2.47. The molecule has 4 rings (SSSR count). The molecule has 1 aliphatic rings. The van der Waals surface area contributed by atoms with Gasteiger partial charge >= 0.3 is 0 Å². The Bertz CT molecular complexity index is 1310. The maximum absolute atomic E-state index is 14.4. The molecule has 184 valence electrons. The van der Waals surface area contributed by atoms with Gasteiger partial charge in [0.15, 0.2) is 0 Å². The van der Waals surface area contributed by atoms with Crippen LogP contribution in [0.5, 0.6) is 0 Å². The molecule has 0 atom stereocenters. The quantitative estimate of drug-likeness (QED) is 0.335. The number of allylic oxidation sites excluding steroid dienone is 1. The summed E-state index contributed by atoms with van der Waals surface area (Å²) in [6.45, 7) is 7.52. The summed E-state index contributed by atoms with van der Waals surface area (Å²) >= 11 is 6.40. The lowest BCUT2D eigenvalue weighted by Gasteiger charge is -2.21. The first-order valence-corrected chi connectivity index (χ1v) is 11.9. The second-order valence-corrected chi connectivity index (χ2v) is 8.91. The molecule has 3 aromatic rings. The minimum absolute atomic E-state index is 0.166. The molecule has 36 heavy (non-hydrogen) atoms. The molecule has 0 aliphatic heterocycles. The van der Waals surface area contributed by atoms with Crippen LogP contribution in [0.2, 0.25) is 5.02 Å². The number of hydrogen-bond acceptors (Lipinski definition) is 3. The lowest BCUT2D eigenvalue weighted by molar-refractivity contribution is 0.0930. The van der Waals surface area contributed by atoms with Crippen LogP contribution in [0.3, 0.4) is 0 Å². The van der Waals surface area contributed by atoms with Crippen molar-refractivity contribution in [3.05, 3.63) is 119 Å². The number of rotatable bonds is 8. The van der Waals surface area contributed by atoms with Gasteiger partial charge in [-0.1, -0.05) is 67.1 Å². The van der Waals surface area contributed by atoms with Gasteiger partial charge in [-0.05, 0) is 66.1 Å². The molecular formula is C30H29ClFN3O. The number of carbonyl (C=O) groups excluding carboxylic acids is 1. The molecule has 3 aromatic carbocycles. The van der Waals surface area contributed by atoms with E-state index in [1.54, 1.807) is 30.3 Å². The fourth-order valence-corrected chi connectivity index (χ4v) is 4.21. The molecule has 1 fully saturated rings. The Morgan fingerprint density at radius 2 is 1.83 bits per heavy atom. The van der Waals surface area contributed by atoms with Crippen LogP contribution in [0.15, 0.2) is 91.8 Å². The second-order valence-electron chi connectivity index (χ2n) is 8.48. The van der Waals surface area contributed by atoms with Gasteiger partial charge in [0.1, 0.15) is 5.82 Å². The maximum Gasteiger partial charge on any atom is 0.252 e. The molecule has 1 amide bonds. The number of amides is 1. The van der Waals surface area contributed by atoms with Gasteiger partial charge in [-0.15, -0.1) is 6.42 Å². The fourth-order valence-electron chi connectivity index (χ4n) is 3.98. The molecule has 0 saturated heterocycles. The van der Waals surface area contributed by atoms with Gasteiger partial charge in [0.2, 0.25) is 0 Å². The van der Waals surface area contributed by atoms with Crippen molar-refractivity contribution < 1.29 is 9.18 Å². The Labute approximate surface area is 217 Å². The van der Waals surface area contributed by atoms with Crippen molar-refractivity contribution in [2.75, 3.05) is 6.54 Å². The summed E-state index contributed by atoms with van der Waals surface area (Å²) in [5.41, 5.74) is 8.33. The number of benzene rings is 3. The van der Waals surface area contributed by atoms with E-state index in [-0.39, 0.29) is 11.7 Å². The van der Waals surface area contributed by atoms with Crippen LogP contribution in [-0.4, -0.2) is 12.5 Å². The number of terminal acetylenes is 1. The zero-order chi connectivity index (χ0) is 26.1. The molecule has 0 spiro atoms. The standard InChI is InChI=1S/C28H24ClFN2O.C2H5N/c1-3-14-31-19(2)15-20-8-4-5-10-25(20)27(33)32-28(12-13-28)22-16-21(17-23(29)18-22)24-9-6-7-11-26(24)30;1-2-3/h1,4-11,16-18,31H,2,12-15H2,(H,32,33);2H,1,3H2. The van der Waals surface area contributed by atoms with E-state index >= 15 is 0 Å². The second kappa shape index (κ2) is 12.1. The third-order valence-corrected chi connectivity index (χ3v) is 6.06. The van der Waals surface area contributed by atoms with Gasteiger partial charge in [-0.3, -0.25) is 4.79 Å². The van der Waals surface area contributed by atoms with Gasteiger partial charge in [0.05, 0.1) is 12.1 Å². The summed E-state index contributed by atoms with van der Waals surface area (Å²) in [4.78, 5) is 13.3. The van der Waals surface area contributed by atoms with Gasteiger partial charge in [0.25, 0.3) is 5.91 Å². The van der Waals surface area contributed by atoms with E-state index < -0.39 is 5.54 Å². The van der Waals surface area contributed by atoms with E-state index in [1.807, 2.05) is 30.3 Å². The third-order valence-electron chi connectivity index (χ3n) is 5.84. The Hall–Kier alpha value is -4.01. The van der Waals surface area contributed by atoms with Crippen molar-refractivity contribution in [3.63, 3.8) is 0 Å². The molecule has 6 heteroatoms. The minimum Gasteiger partial charge on any atom is -0.405 e. The van der Waals surface area contributed by atoms with Gasteiger partial charge < -0.3 is 16.4 Å². The number of nitrogens with two attached hydrogens (primary N) is 1. The summed E-state index contributed by atoms with van der Waals surface area (Å²) < 4.78 is 14.4. The van der Waals surface area contributed by atoms with Crippen molar-refractivity contribution in [3.8, 4) is 23.5 Å². The summed E-state index contributed by atoms with van der Waals surface area (Å²) in [6.07, 6.45) is 8.61. The molecule has 0 bridgehead atoms. The number of hydrogen-bond donors (Lipinski definition) is 3. The Kier molecular flexibility index (Phi) is 8.94. The smallest absolute Gasteiger partial charge is 0.252 e. The summed E-state index contributed by atoms with van der Waals surface area (Å²) in [5, 5.41) is 6.76. The molecule has 0 radical (unpaired) electrons. The summed E-state index contributed by atoms with van der Waals surface area (Å²) in [7, 11) is 0. The van der Waals surface area contributed by atoms with Crippen molar-refractivity contribution in [2.45, 2.75) is 24.8 Å². The first-order valence-electron chi connectivity index (χ1n) is 11.5. The van der Waals surface area contributed by atoms with Crippen molar-refractivity contribution in [1.29, 1.82) is 0 Å². The van der Waals surface area contributed by atoms with Crippen LogP contribution in [0.4, 0.5) is 4.39 Å². The number of nitrogens with one attached hydrogen (secondary N) is 2. The average Bonchev–Trinajstić information content (AvgIpc) is 3.64. The molecule has 0 unspecified atom stereocenters. The Morgan fingerprint density at radius 1 is 1.17 bits per heavy atom. The highest BCUT2D eigenvalue weighted by Gasteiger charge is 2.46. The van der Waals surface area contributed by atoms with Gasteiger partial charge in [-0.25, -0.2) is 4.39 Å². The van der Waals surface area contributed by atoms with Crippen LogP contribution in [0.1, 0.15) is 34.3 Å². The van der Waals surface area contributed by atoms with Crippen LogP contribution in [-0.2, 0) is 12.0 Å². The molecule has 4 N–H and O–H groups in total. The fraction of sp³-hybridized carbons (Fsp3) is 0.167. The zero-order valence-electron chi connectivity index (χ0n) is 20.0. The van der Waals surface area contributed by atoms with E-state index in [0.29, 0.717) is 34.7 Å². The molecule has 1 aliphatic carbocycles. The first kappa shape index (κ1) is 26.6. The van der Waals surface area contributed by atoms with E-state index in [2.05, 4.69) is 35.4 Å². The van der Waals surface area contributed by atoms with Crippen LogP contribution in [0, 0.1) is 18.2 Å². The molecule has 4 nitrogen and oxygen atoms in total. The maximum atomic E-state index is 14.4. The SMILES string of the molecule is C#CCNC(=C)Cc1ccccc1C(=O)NC1(c2cc(Cl)cc(-c3ccccc3F)c2)CC1.C=CN. The van der Waals surface area contributed by atoms with Crippen molar-refractivity contribution >= 4 is 17.5 Å². The first-order chi connectivity index (χ1) is 17.3. The Morgan fingerprint density at radius 3 is 2.50 bits per heavy atom. The van der Waals surface area contributed by atoms with E-state index in [0.717, 1.165) is 29.7 Å². The highest BCUT2D eigenvalue weighted by atomic mass is 35.5. The van der Waals surface area contributed by atoms with E-state index in [1.165, 1.54) is 12.3 Å². The van der Waals surface area contributed by atoms with Crippen LogP contribution >= 0.6 is 11.6 Å². The highest BCUT2D eigenvalue weighted by molar-refractivity contribution is 6.31. The summed E-state index contributed by atoms with van der Waals surface area (Å²) in [6, 6.07) is 19.5. The van der Waals surface area contributed by atoms with Crippen LogP contribution < -0.4 is 16.4 Å². The number of carbonyl (C=O) groups is 1. The van der Waals surface area contributed by atoms with Crippen molar-refractivity contribution in [2.24, 2.45) is 5.73 Å². The normalized spacial score (nSPS) is 12.8. The number of halogens is 2. The van der Waals surface area contributed by atoms with E-state index in [9.17, 15) is 9.18 Å². The predicted octanol–water partition coefficient (Wildman–Crippen LogP) is 5.93. The monoisotopic (exact) mass is 501 g/mol. The van der Waals surface area contributed by atoms with E-state index in [4.69, 9.17) is 18.0 Å². The third kappa shape index (κ3) is 6.56. The topological polar surface area (TPSA) is 67.2 Å². The molecular weight excluding hydrogens is 473 g/mol. The van der Waals surface area contributed by atoms with Gasteiger partial charge in [-0.2, -0.15) is 0 Å². The zero-order valence-corrected chi connectivity index (χ0v) is 20.7. The predicted molar refractivity (Wildman–Crippen MR) is 146 cm³/mol.